The molecule has 0 unspecified atom stereocenters. The van der Waals surface area contributed by atoms with Crippen LogP contribution in [0.1, 0.15) is 0 Å². The lowest BCUT2D eigenvalue weighted by Gasteiger charge is -2.12. The van der Waals surface area contributed by atoms with Crippen molar-refractivity contribution in [3.05, 3.63) is 21.9 Å². The van der Waals surface area contributed by atoms with E-state index < -0.39 is 10.0 Å². The maximum absolute atomic E-state index is 12.0. The maximum Gasteiger partial charge on any atom is 0.316 e. The summed E-state index contributed by atoms with van der Waals surface area (Å²) in [5, 5.41) is 2.42. The van der Waals surface area contributed by atoms with Gasteiger partial charge in [-0.05, 0) is 22.0 Å². The van der Waals surface area contributed by atoms with E-state index >= 15 is 0 Å². The minimum atomic E-state index is -3.77. The summed E-state index contributed by atoms with van der Waals surface area (Å²) in [7, 11) is -0.592. The first kappa shape index (κ1) is 17.2. The largest absolute Gasteiger partial charge is 0.337 e. The van der Waals surface area contributed by atoms with E-state index in [0.29, 0.717) is 4.47 Å². The second kappa shape index (κ2) is 7.21. The third kappa shape index (κ3) is 4.89. The number of pyridine rings is 1. The molecule has 112 valence electrons. The number of urea groups is 1. The van der Waals surface area contributed by atoms with E-state index in [4.69, 9.17) is 11.6 Å². The average Bonchev–Trinajstić information content (AvgIpc) is 2.37. The number of nitrogens with zero attached hydrogens (tertiary/aromatic N) is 2. The lowest BCUT2D eigenvalue weighted by atomic mass is 10.5. The van der Waals surface area contributed by atoms with E-state index in [0.717, 1.165) is 0 Å². The Morgan fingerprint density at radius 1 is 1.45 bits per heavy atom. The average molecular weight is 386 g/mol. The number of aromatic nitrogens is 1. The minimum Gasteiger partial charge on any atom is -0.337 e. The maximum atomic E-state index is 12.0. The molecule has 1 aromatic rings. The Hall–Kier alpha value is -0.900. The van der Waals surface area contributed by atoms with Gasteiger partial charge in [0, 0.05) is 37.9 Å². The van der Waals surface area contributed by atoms with Crippen molar-refractivity contribution < 1.29 is 13.2 Å². The van der Waals surface area contributed by atoms with Crippen molar-refractivity contribution in [2.45, 2.75) is 4.90 Å². The van der Waals surface area contributed by atoms with E-state index in [9.17, 15) is 13.2 Å². The molecule has 2 N–H and O–H groups in total. The van der Waals surface area contributed by atoms with Crippen LogP contribution in [0.3, 0.4) is 0 Å². The van der Waals surface area contributed by atoms with Crippen molar-refractivity contribution >= 4 is 43.6 Å². The predicted molar refractivity (Wildman–Crippen MR) is 79.2 cm³/mol. The van der Waals surface area contributed by atoms with Crippen LogP contribution in [0.4, 0.5) is 4.79 Å². The molecular formula is C10H14BrClN4O3S. The second-order valence-corrected chi connectivity index (χ2v) is 6.98. The fourth-order valence-electron chi connectivity index (χ4n) is 1.18. The summed E-state index contributed by atoms with van der Waals surface area (Å²) in [6.45, 7) is 0.208. The molecule has 0 saturated carbocycles. The van der Waals surface area contributed by atoms with Gasteiger partial charge in [0.1, 0.15) is 10.0 Å². The molecule has 0 fully saturated rings. The van der Waals surface area contributed by atoms with Gasteiger partial charge in [-0.2, -0.15) is 0 Å². The van der Waals surface area contributed by atoms with Crippen molar-refractivity contribution in [3.8, 4) is 0 Å². The Morgan fingerprint density at radius 3 is 2.70 bits per heavy atom. The quantitative estimate of drug-likeness (QED) is 0.585. The summed E-state index contributed by atoms with van der Waals surface area (Å²) in [6.07, 6.45) is 1.40. The summed E-state index contributed by atoms with van der Waals surface area (Å²) in [6, 6.07) is 1.06. The van der Waals surface area contributed by atoms with Gasteiger partial charge in [0.2, 0.25) is 10.0 Å². The summed E-state index contributed by atoms with van der Waals surface area (Å²) < 4.78 is 26.8. The normalized spacial score (nSPS) is 11.2. The van der Waals surface area contributed by atoms with Crippen LogP contribution in [-0.2, 0) is 10.0 Å². The summed E-state index contributed by atoms with van der Waals surface area (Å²) in [5.74, 6) is 0. The number of nitrogens with one attached hydrogen (secondary N) is 2. The van der Waals surface area contributed by atoms with E-state index in [1.54, 1.807) is 14.1 Å². The molecule has 10 heteroatoms. The fraction of sp³-hybridized carbons (Fsp3) is 0.400. The topological polar surface area (TPSA) is 91.4 Å². The number of carbonyl (C=O) groups excluding carboxylic acids is 1. The zero-order chi connectivity index (χ0) is 15.3. The highest BCUT2D eigenvalue weighted by Crippen LogP contribution is 2.22. The standard InChI is InChI=1S/C10H14BrClN4O3S/c1-16(2)10(17)13-3-4-15-20(18,19)8-5-7(11)6-14-9(8)12/h5-6,15H,3-4H2,1-2H3,(H,13,17). The van der Waals surface area contributed by atoms with E-state index in [1.807, 2.05) is 0 Å². The zero-order valence-electron chi connectivity index (χ0n) is 10.9. The molecule has 7 nitrogen and oxygen atoms in total. The van der Waals surface area contributed by atoms with Gasteiger partial charge < -0.3 is 10.2 Å². The third-order valence-electron chi connectivity index (χ3n) is 2.16. The predicted octanol–water partition coefficient (Wildman–Crippen LogP) is 1.05. The third-order valence-corrected chi connectivity index (χ3v) is 4.48. The van der Waals surface area contributed by atoms with Gasteiger partial charge in [-0.1, -0.05) is 11.6 Å². The van der Waals surface area contributed by atoms with Gasteiger partial charge >= 0.3 is 6.03 Å². The molecule has 0 radical (unpaired) electrons. The first-order valence-electron chi connectivity index (χ1n) is 5.50. The van der Waals surface area contributed by atoms with E-state index in [-0.39, 0.29) is 29.2 Å². The fourth-order valence-corrected chi connectivity index (χ4v) is 3.16. The highest BCUT2D eigenvalue weighted by Gasteiger charge is 2.18. The van der Waals surface area contributed by atoms with E-state index in [1.165, 1.54) is 17.2 Å². The molecule has 0 aliphatic carbocycles. The molecule has 0 atom stereocenters. The summed E-state index contributed by atoms with van der Waals surface area (Å²) in [5.41, 5.74) is 0. The highest BCUT2D eigenvalue weighted by molar-refractivity contribution is 9.10. The Bertz CT molecular complexity index is 594. The molecule has 1 aromatic heterocycles. The minimum absolute atomic E-state index is 0.0464. The Morgan fingerprint density at radius 2 is 2.10 bits per heavy atom. The zero-order valence-corrected chi connectivity index (χ0v) is 14.0. The number of hydrogen-bond donors (Lipinski definition) is 2. The molecule has 0 bridgehead atoms. The molecule has 0 aliphatic rings. The van der Waals surface area contributed by atoms with Crippen molar-refractivity contribution in [2.75, 3.05) is 27.2 Å². The van der Waals surface area contributed by atoms with Gasteiger partial charge in [0.05, 0.1) is 0 Å². The highest BCUT2D eigenvalue weighted by atomic mass is 79.9. The van der Waals surface area contributed by atoms with Crippen LogP contribution >= 0.6 is 27.5 Å². The van der Waals surface area contributed by atoms with Gasteiger partial charge in [0.25, 0.3) is 0 Å². The summed E-state index contributed by atoms with van der Waals surface area (Å²) >= 11 is 8.89. The number of carbonyl (C=O) groups is 1. The molecule has 0 saturated heterocycles. The van der Waals surface area contributed by atoms with E-state index in [2.05, 4.69) is 31.0 Å². The lowest BCUT2D eigenvalue weighted by Crippen LogP contribution is -2.39. The molecule has 0 aromatic carbocycles. The van der Waals surface area contributed by atoms with Crippen LogP contribution in [0.2, 0.25) is 5.15 Å². The van der Waals surface area contributed by atoms with Crippen LogP contribution in [0.25, 0.3) is 0 Å². The SMILES string of the molecule is CN(C)C(=O)NCCNS(=O)(=O)c1cc(Br)cnc1Cl. The van der Waals surface area contributed by atoms with Crippen LogP contribution in [0, 0.1) is 0 Å². The number of hydrogen-bond acceptors (Lipinski definition) is 4. The number of rotatable bonds is 5. The first-order valence-corrected chi connectivity index (χ1v) is 8.15. The summed E-state index contributed by atoms with van der Waals surface area (Å²) in [4.78, 5) is 16.2. The molecule has 0 aliphatic heterocycles. The first-order chi connectivity index (χ1) is 9.24. The number of halogens is 2. The van der Waals surface area contributed by atoms with Crippen LogP contribution in [0.5, 0.6) is 0 Å². The Balaban J connectivity index is 2.63. The van der Waals surface area contributed by atoms with Crippen LogP contribution in [-0.4, -0.2) is 51.5 Å². The monoisotopic (exact) mass is 384 g/mol. The van der Waals surface area contributed by atoms with Crippen LogP contribution in [0.15, 0.2) is 21.6 Å². The van der Waals surface area contributed by atoms with Crippen molar-refractivity contribution in [1.29, 1.82) is 0 Å². The molecule has 1 heterocycles. The van der Waals surface area contributed by atoms with Crippen molar-refractivity contribution in [2.24, 2.45) is 0 Å². The smallest absolute Gasteiger partial charge is 0.316 e. The molecule has 1 rings (SSSR count). The van der Waals surface area contributed by atoms with Gasteiger partial charge in [0.15, 0.2) is 0 Å². The second-order valence-electron chi connectivity index (χ2n) is 3.97. The van der Waals surface area contributed by atoms with Gasteiger partial charge in [-0.25, -0.2) is 22.9 Å². The molecule has 20 heavy (non-hydrogen) atoms. The number of amides is 2. The molecular weight excluding hydrogens is 372 g/mol. The van der Waals surface area contributed by atoms with Gasteiger partial charge in [-0.15, -0.1) is 0 Å². The number of sulfonamides is 1. The van der Waals surface area contributed by atoms with Gasteiger partial charge in [-0.3, -0.25) is 0 Å². The Labute approximate surface area is 130 Å². The molecule has 2 amide bonds. The molecule has 0 spiro atoms. The lowest BCUT2D eigenvalue weighted by molar-refractivity contribution is 0.217. The van der Waals surface area contributed by atoms with Crippen molar-refractivity contribution in [1.82, 2.24) is 19.9 Å². The Kier molecular flexibility index (Phi) is 6.18. The van der Waals surface area contributed by atoms with Crippen LogP contribution < -0.4 is 10.0 Å². The van der Waals surface area contributed by atoms with Crippen molar-refractivity contribution in [3.63, 3.8) is 0 Å².